The largest absolute Gasteiger partial charge is 0.381 e. The highest BCUT2D eigenvalue weighted by molar-refractivity contribution is 4.88. The van der Waals surface area contributed by atoms with Crippen LogP contribution in [0.3, 0.4) is 0 Å². The number of fused-ring (bicyclic) bond motifs is 1. The van der Waals surface area contributed by atoms with Gasteiger partial charge in [-0.1, -0.05) is 19.8 Å². The van der Waals surface area contributed by atoms with Crippen molar-refractivity contribution < 1.29 is 4.74 Å². The monoisotopic (exact) mass is 268 g/mol. The zero-order valence-corrected chi connectivity index (χ0v) is 12.9. The van der Waals surface area contributed by atoms with Crippen molar-refractivity contribution in [2.24, 2.45) is 0 Å². The molecule has 0 aromatic rings. The lowest BCUT2D eigenvalue weighted by molar-refractivity contribution is 0.0101. The van der Waals surface area contributed by atoms with Gasteiger partial charge in [-0.15, -0.1) is 0 Å². The molecule has 2 aliphatic rings. The Balaban J connectivity index is 1.63. The Morgan fingerprint density at radius 2 is 1.95 bits per heavy atom. The van der Waals surface area contributed by atoms with E-state index in [1.165, 1.54) is 64.7 Å². The molecule has 0 aromatic carbocycles. The molecular weight excluding hydrogens is 236 g/mol. The lowest BCUT2D eigenvalue weighted by Crippen LogP contribution is -2.58. The van der Waals surface area contributed by atoms with Crippen molar-refractivity contribution >= 4 is 0 Å². The molecule has 2 atom stereocenters. The molecule has 3 heteroatoms. The minimum Gasteiger partial charge on any atom is -0.381 e. The van der Waals surface area contributed by atoms with Gasteiger partial charge in [0.1, 0.15) is 0 Å². The lowest BCUT2D eigenvalue weighted by Gasteiger charge is -2.47. The zero-order chi connectivity index (χ0) is 13.5. The van der Waals surface area contributed by atoms with E-state index in [4.69, 9.17) is 4.74 Å². The molecule has 0 aromatic heterocycles. The summed E-state index contributed by atoms with van der Waals surface area (Å²) in [6, 6.07) is 1.57. The standard InChI is InChI=1S/C16H32N2O/c1-3-4-11-19-12-7-10-17-14-16-8-5-6-9-18(16)13-15(17)2/h15-16H,3-14H2,1-2H3. The number of rotatable bonds is 7. The highest BCUT2D eigenvalue weighted by atomic mass is 16.5. The van der Waals surface area contributed by atoms with Crippen molar-refractivity contribution in [2.45, 2.75) is 64.5 Å². The summed E-state index contributed by atoms with van der Waals surface area (Å²) >= 11 is 0. The molecule has 2 aliphatic heterocycles. The van der Waals surface area contributed by atoms with Gasteiger partial charge in [-0.05, 0) is 39.2 Å². The second-order valence-corrected chi connectivity index (χ2v) is 6.31. The summed E-state index contributed by atoms with van der Waals surface area (Å²) < 4.78 is 5.67. The summed E-state index contributed by atoms with van der Waals surface area (Å²) in [5.74, 6) is 0. The molecule has 0 spiro atoms. The van der Waals surface area contributed by atoms with Crippen molar-refractivity contribution in [3.8, 4) is 0 Å². The first-order valence-corrected chi connectivity index (χ1v) is 8.37. The van der Waals surface area contributed by atoms with Gasteiger partial charge in [0.15, 0.2) is 0 Å². The molecule has 0 radical (unpaired) electrons. The topological polar surface area (TPSA) is 15.7 Å². The molecule has 2 fully saturated rings. The highest BCUT2D eigenvalue weighted by Crippen LogP contribution is 2.23. The second kappa shape index (κ2) is 8.23. The van der Waals surface area contributed by atoms with Crippen LogP contribution in [0.25, 0.3) is 0 Å². The normalized spacial score (nSPS) is 29.4. The molecule has 2 rings (SSSR count). The Morgan fingerprint density at radius 3 is 2.79 bits per heavy atom. The molecule has 112 valence electrons. The van der Waals surface area contributed by atoms with Gasteiger partial charge in [0, 0.05) is 44.9 Å². The van der Waals surface area contributed by atoms with E-state index in [0.717, 1.165) is 25.3 Å². The maximum atomic E-state index is 5.67. The molecule has 0 amide bonds. The second-order valence-electron chi connectivity index (χ2n) is 6.31. The SMILES string of the molecule is CCCCOCCCN1CC2CCCCN2CC1C. The number of nitrogens with zero attached hydrogens (tertiary/aromatic N) is 2. The minimum atomic E-state index is 0.727. The number of ether oxygens (including phenoxy) is 1. The first kappa shape index (κ1) is 15.3. The van der Waals surface area contributed by atoms with Crippen LogP contribution in [0, 0.1) is 0 Å². The van der Waals surface area contributed by atoms with Gasteiger partial charge < -0.3 is 4.74 Å². The Kier molecular flexibility index (Phi) is 6.62. The van der Waals surface area contributed by atoms with Crippen molar-refractivity contribution in [3.63, 3.8) is 0 Å². The van der Waals surface area contributed by atoms with E-state index in [1.54, 1.807) is 0 Å². The van der Waals surface area contributed by atoms with Crippen molar-refractivity contribution in [2.75, 3.05) is 39.4 Å². The van der Waals surface area contributed by atoms with Gasteiger partial charge in [0.2, 0.25) is 0 Å². The molecule has 2 saturated heterocycles. The number of hydrogen-bond acceptors (Lipinski definition) is 3. The molecule has 3 nitrogen and oxygen atoms in total. The molecular formula is C16H32N2O. The molecule has 2 unspecified atom stereocenters. The van der Waals surface area contributed by atoms with E-state index < -0.39 is 0 Å². The van der Waals surface area contributed by atoms with E-state index in [1.807, 2.05) is 0 Å². The Bertz CT molecular complexity index is 247. The third-order valence-corrected chi connectivity index (χ3v) is 4.69. The van der Waals surface area contributed by atoms with E-state index in [2.05, 4.69) is 23.6 Å². The fourth-order valence-electron chi connectivity index (χ4n) is 3.44. The average molecular weight is 268 g/mol. The summed E-state index contributed by atoms with van der Waals surface area (Å²) in [7, 11) is 0. The van der Waals surface area contributed by atoms with Crippen molar-refractivity contribution in [1.82, 2.24) is 9.80 Å². The number of unbranched alkanes of at least 4 members (excludes halogenated alkanes) is 1. The van der Waals surface area contributed by atoms with Crippen LogP contribution in [-0.4, -0.2) is 61.3 Å². The molecule has 19 heavy (non-hydrogen) atoms. The third-order valence-electron chi connectivity index (χ3n) is 4.69. The smallest absolute Gasteiger partial charge is 0.0478 e. The zero-order valence-electron chi connectivity index (χ0n) is 12.9. The summed E-state index contributed by atoms with van der Waals surface area (Å²) in [4.78, 5) is 5.41. The van der Waals surface area contributed by atoms with E-state index in [9.17, 15) is 0 Å². The number of piperazine rings is 1. The van der Waals surface area contributed by atoms with E-state index in [-0.39, 0.29) is 0 Å². The minimum absolute atomic E-state index is 0.727. The van der Waals surface area contributed by atoms with Crippen LogP contribution in [-0.2, 0) is 4.74 Å². The van der Waals surface area contributed by atoms with Gasteiger partial charge in [-0.2, -0.15) is 0 Å². The van der Waals surface area contributed by atoms with Crippen LogP contribution < -0.4 is 0 Å². The van der Waals surface area contributed by atoms with Crippen LogP contribution >= 0.6 is 0 Å². The first-order valence-electron chi connectivity index (χ1n) is 8.37. The summed E-state index contributed by atoms with van der Waals surface area (Å²) in [6.07, 6.45) is 7.90. The quantitative estimate of drug-likeness (QED) is 0.660. The van der Waals surface area contributed by atoms with Gasteiger partial charge in [0.25, 0.3) is 0 Å². The molecule has 0 aliphatic carbocycles. The van der Waals surface area contributed by atoms with Crippen LogP contribution in [0.5, 0.6) is 0 Å². The molecule has 0 N–H and O–H groups in total. The predicted molar refractivity (Wildman–Crippen MR) is 80.6 cm³/mol. The summed E-state index contributed by atoms with van der Waals surface area (Å²) in [5.41, 5.74) is 0. The average Bonchev–Trinajstić information content (AvgIpc) is 2.43. The summed E-state index contributed by atoms with van der Waals surface area (Å²) in [6.45, 7) is 11.6. The van der Waals surface area contributed by atoms with Gasteiger partial charge >= 0.3 is 0 Å². The fraction of sp³-hybridized carbons (Fsp3) is 1.00. The van der Waals surface area contributed by atoms with Crippen molar-refractivity contribution in [1.29, 1.82) is 0 Å². The lowest BCUT2D eigenvalue weighted by atomic mass is 9.97. The van der Waals surface area contributed by atoms with E-state index >= 15 is 0 Å². The maximum Gasteiger partial charge on any atom is 0.0478 e. The number of hydrogen-bond donors (Lipinski definition) is 0. The number of piperidine rings is 1. The van der Waals surface area contributed by atoms with E-state index in [0.29, 0.717) is 0 Å². The predicted octanol–water partition coefficient (Wildman–Crippen LogP) is 2.75. The summed E-state index contributed by atoms with van der Waals surface area (Å²) in [5, 5.41) is 0. The molecule has 0 bridgehead atoms. The van der Waals surface area contributed by atoms with Crippen molar-refractivity contribution in [3.05, 3.63) is 0 Å². The highest BCUT2D eigenvalue weighted by Gasteiger charge is 2.32. The first-order chi connectivity index (χ1) is 9.31. The van der Waals surface area contributed by atoms with Gasteiger partial charge in [0.05, 0.1) is 0 Å². The Hall–Kier alpha value is -0.120. The third kappa shape index (κ3) is 4.73. The van der Waals surface area contributed by atoms with Crippen LogP contribution in [0.15, 0.2) is 0 Å². The Morgan fingerprint density at radius 1 is 1.11 bits per heavy atom. The fourth-order valence-corrected chi connectivity index (χ4v) is 3.44. The molecule has 0 saturated carbocycles. The van der Waals surface area contributed by atoms with Crippen LogP contribution in [0.2, 0.25) is 0 Å². The van der Waals surface area contributed by atoms with Crippen LogP contribution in [0.1, 0.15) is 52.4 Å². The Labute approximate surface area is 119 Å². The van der Waals surface area contributed by atoms with Crippen LogP contribution in [0.4, 0.5) is 0 Å². The molecule has 2 heterocycles. The van der Waals surface area contributed by atoms with Gasteiger partial charge in [-0.3, -0.25) is 9.80 Å². The maximum absolute atomic E-state index is 5.67. The van der Waals surface area contributed by atoms with Gasteiger partial charge in [-0.25, -0.2) is 0 Å².